The fourth-order valence-electron chi connectivity index (χ4n) is 3.85. The highest BCUT2D eigenvalue weighted by Gasteiger charge is 2.19. The number of amides is 1. The van der Waals surface area contributed by atoms with E-state index in [1.165, 1.54) is 0 Å². The molecule has 0 unspecified atom stereocenters. The van der Waals surface area contributed by atoms with Gasteiger partial charge in [0.1, 0.15) is 0 Å². The van der Waals surface area contributed by atoms with Crippen molar-refractivity contribution in [3.05, 3.63) is 89.6 Å². The molecule has 1 aliphatic rings. The normalized spacial score (nSPS) is 13.0. The number of ether oxygens (including phenoxy) is 1. The summed E-state index contributed by atoms with van der Waals surface area (Å²) in [4.78, 5) is 29.2. The van der Waals surface area contributed by atoms with Gasteiger partial charge in [-0.05, 0) is 42.5 Å². The van der Waals surface area contributed by atoms with Crippen LogP contribution in [0.4, 0.5) is 5.82 Å². The Bertz CT molecular complexity index is 1040. The van der Waals surface area contributed by atoms with E-state index in [9.17, 15) is 9.59 Å². The summed E-state index contributed by atoms with van der Waals surface area (Å²) in [5.41, 5.74) is 2.27. The molecule has 1 aliphatic heterocycles. The van der Waals surface area contributed by atoms with Gasteiger partial charge in [0, 0.05) is 26.2 Å². The summed E-state index contributed by atoms with van der Waals surface area (Å²) >= 11 is 0. The Morgan fingerprint density at radius 3 is 2.15 bits per heavy atom. The maximum Gasteiger partial charge on any atom is 0.359 e. The molecule has 170 valence electrons. The summed E-state index contributed by atoms with van der Waals surface area (Å²) in [5, 5.41) is 8.14. The monoisotopic (exact) mass is 444 g/mol. The average Bonchev–Trinajstić information content (AvgIpc) is 3.41. The van der Waals surface area contributed by atoms with Crippen LogP contribution in [0.3, 0.4) is 0 Å². The van der Waals surface area contributed by atoms with Crippen molar-refractivity contribution in [1.82, 2.24) is 15.1 Å². The second kappa shape index (κ2) is 11.2. The summed E-state index contributed by atoms with van der Waals surface area (Å²) in [6.45, 7) is 2.55. The predicted molar refractivity (Wildman–Crippen MR) is 126 cm³/mol. The van der Waals surface area contributed by atoms with Crippen molar-refractivity contribution in [3.63, 3.8) is 0 Å². The second-order valence-corrected chi connectivity index (χ2v) is 8.08. The minimum Gasteiger partial charge on any atom is -0.451 e. The molecule has 0 spiro atoms. The highest BCUT2D eigenvalue weighted by atomic mass is 16.5. The topological polar surface area (TPSA) is 75.6 Å². The van der Waals surface area contributed by atoms with Gasteiger partial charge in [0.2, 0.25) is 0 Å². The van der Waals surface area contributed by atoms with Crippen LogP contribution >= 0.6 is 0 Å². The zero-order valence-corrected chi connectivity index (χ0v) is 18.6. The summed E-state index contributed by atoms with van der Waals surface area (Å²) in [5.74, 6) is -0.133. The van der Waals surface area contributed by atoms with Crippen LogP contribution in [0.25, 0.3) is 0 Å². The highest BCUT2D eigenvalue weighted by Crippen LogP contribution is 2.16. The van der Waals surface area contributed by atoms with E-state index in [4.69, 9.17) is 4.74 Å². The number of carbonyl (C=O) groups excluding carboxylic acids is 2. The van der Waals surface area contributed by atoms with Gasteiger partial charge in [-0.2, -0.15) is 0 Å². The number of anilines is 1. The molecule has 33 heavy (non-hydrogen) atoms. The lowest BCUT2D eigenvalue weighted by molar-refractivity contribution is -0.135. The van der Waals surface area contributed by atoms with Crippen molar-refractivity contribution in [2.45, 2.75) is 25.8 Å². The first-order chi connectivity index (χ1) is 16.2. The molecule has 0 radical (unpaired) electrons. The quantitative estimate of drug-likeness (QED) is 0.470. The Labute approximate surface area is 194 Å². The van der Waals surface area contributed by atoms with Crippen LogP contribution in [0.5, 0.6) is 0 Å². The van der Waals surface area contributed by atoms with Gasteiger partial charge >= 0.3 is 5.97 Å². The van der Waals surface area contributed by atoms with Gasteiger partial charge in [0.15, 0.2) is 18.1 Å². The van der Waals surface area contributed by atoms with Gasteiger partial charge in [-0.25, -0.2) is 4.79 Å². The molecule has 4 rings (SSSR count). The molecule has 1 saturated heterocycles. The smallest absolute Gasteiger partial charge is 0.359 e. The van der Waals surface area contributed by atoms with Crippen LogP contribution in [0.2, 0.25) is 0 Å². The molecule has 2 aromatic carbocycles. The molecule has 3 aromatic rings. The first-order valence-electron chi connectivity index (χ1n) is 11.3. The van der Waals surface area contributed by atoms with E-state index < -0.39 is 5.97 Å². The van der Waals surface area contributed by atoms with Crippen molar-refractivity contribution in [1.29, 1.82) is 0 Å². The number of hydrogen-bond donors (Lipinski definition) is 0. The van der Waals surface area contributed by atoms with E-state index in [0.29, 0.717) is 13.1 Å². The van der Waals surface area contributed by atoms with Crippen molar-refractivity contribution in [2.75, 3.05) is 31.1 Å². The third-order valence-corrected chi connectivity index (χ3v) is 5.70. The third kappa shape index (κ3) is 6.38. The SMILES string of the molecule is O=C(OCC(=O)N(CCc1ccccc1)Cc1ccccc1)c1ccc(N2CCCC2)nn1. The van der Waals surface area contributed by atoms with Crippen molar-refractivity contribution in [3.8, 4) is 0 Å². The summed E-state index contributed by atoms with van der Waals surface area (Å²) < 4.78 is 5.28. The Morgan fingerprint density at radius 1 is 0.848 bits per heavy atom. The van der Waals surface area contributed by atoms with Crippen LogP contribution in [-0.2, 0) is 22.5 Å². The number of carbonyl (C=O) groups is 2. The third-order valence-electron chi connectivity index (χ3n) is 5.70. The first-order valence-corrected chi connectivity index (χ1v) is 11.3. The number of benzene rings is 2. The molecule has 1 fully saturated rings. The second-order valence-electron chi connectivity index (χ2n) is 8.08. The molecule has 7 heteroatoms. The minimum atomic E-state index is -0.647. The largest absolute Gasteiger partial charge is 0.451 e. The number of rotatable bonds is 9. The molecule has 7 nitrogen and oxygen atoms in total. The number of aromatic nitrogens is 2. The fraction of sp³-hybridized carbons (Fsp3) is 0.308. The maximum absolute atomic E-state index is 12.9. The molecular weight excluding hydrogens is 416 g/mol. The summed E-state index contributed by atoms with van der Waals surface area (Å²) in [7, 11) is 0. The van der Waals surface area contributed by atoms with E-state index in [0.717, 1.165) is 49.3 Å². The van der Waals surface area contributed by atoms with Gasteiger partial charge in [-0.1, -0.05) is 60.7 Å². The van der Waals surface area contributed by atoms with Crippen LogP contribution in [0, 0.1) is 0 Å². The molecule has 1 aromatic heterocycles. The van der Waals surface area contributed by atoms with Crippen molar-refractivity contribution < 1.29 is 14.3 Å². The molecule has 0 N–H and O–H groups in total. The van der Waals surface area contributed by atoms with Crippen LogP contribution < -0.4 is 4.90 Å². The average molecular weight is 445 g/mol. The zero-order valence-electron chi connectivity index (χ0n) is 18.6. The maximum atomic E-state index is 12.9. The first kappa shape index (κ1) is 22.5. The van der Waals surface area contributed by atoms with Gasteiger partial charge in [-0.3, -0.25) is 4.79 Å². The number of hydrogen-bond acceptors (Lipinski definition) is 6. The van der Waals surface area contributed by atoms with Crippen molar-refractivity contribution in [2.24, 2.45) is 0 Å². The summed E-state index contributed by atoms with van der Waals surface area (Å²) in [6.07, 6.45) is 2.99. The zero-order chi connectivity index (χ0) is 22.9. The van der Waals surface area contributed by atoms with Crippen LogP contribution in [-0.4, -0.2) is 53.2 Å². The molecule has 1 amide bonds. The molecular formula is C26H28N4O3. The van der Waals surface area contributed by atoms with Gasteiger partial charge in [-0.15, -0.1) is 10.2 Å². The Hall–Kier alpha value is -3.74. The van der Waals surface area contributed by atoms with Crippen LogP contribution in [0.1, 0.15) is 34.5 Å². The van der Waals surface area contributed by atoms with Crippen molar-refractivity contribution >= 4 is 17.7 Å². The molecule has 0 bridgehead atoms. The summed E-state index contributed by atoms with van der Waals surface area (Å²) in [6, 6.07) is 23.2. The lowest BCUT2D eigenvalue weighted by Gasteiger charge is -2.23. The van der Waals surface area contributed by atoms with E-state index in [1.807, 2.05) is 60.7 Å². The van der Waals surface area contributed by atoms with E-state index in [-0.39, 0.29) is 18.2 Å². The van der Waals surface area contributed by atoms with Gasteiger partial charge in [0.05, 0.1) is 0 Å². The Morgan fingerprint density at radius 2 is 1.52 bits per heavy atom. The van der Waals surface area contributed by atoms with Gasteiger partial charge in [0.25, 0.3) is 5.91 Å². The van der Waals surface area contributed by atoms with Crippen LogP contribution in [0.15, 0.2) is 72.8 Å². The van der Waals surface area contributed by atoms with Gasteiger partial charge < -0.3 is 14.5 Å². The van der Waals surface area contributed by atoms with E-state index in [1.54, 1.807) is 17.0 Å². The molecule has 0 saturated carbocycles. The standard InChI is InChI=1S/C26H28N4O3/c31-25(20-33-26(32)23-13-14-24(28-27-23)29-16-7-8-17-29)30(19-22-11-5-2-6-12-22)18-15-21-9-3-1-4-10-21/h1-6,9-14H,7-8,15-20H2. The number of esters is 1. The molecule has 0 atom stereocenters. The predicted octanol–water partition coefficient (Wildman–Crippen LogP) is 3.51. The Balaban J connectivity index is 1.35. The number of nitrogens with zero attached hydrogens (tertiary/aromatic N) is 4. The fourth-order valence-corrected chi connectivity index (χ4v) is 3.85. The Kier molecular flexibility index (Phi) is 7.64. The molecule has 0 aliphatic carbocycles. The van der Waals surface area contributed by atoms with E-state index in [2.05, 4.69) is 15.1 Å². The minimum absolute atomic E-state index is 0.102. The lowest BCUT2D eigenvalue weighted by Crippen LogP contribution is -2.36. The lowest BCUT2D eigenvalue weighted by atomic mass is 10.1. The molecule has 2 heterocycles. The highest BCUT2D eigenvalue weighted by molar-refractivity contribution is 5.89. The van der Waals surface area contributed by atoms with E-state index >= 15 is 0 Å².